The van der Waals surface area contributed by atoms with Crippen LogP contribution in [-0.4, -0.2) is 36.6 Å². The maximum atomic E-state index is 6.24. The number of nitrogens with zero attached hydrogens (tertiary/aromatic N) is 1. The van der Waals surface area contributed by atoms with Crippen molar-refractivity contribution < 1.29 is 0 Å². The molecule has 0 saturated heterocycles. The first-order valence-electron chi connectivity index (χ1n) is 7.90. The lowest BCUT2D eigenvalue weighted by atomic mass is 9.87. The molecule has 4 N–H and O–H groups in total. The fourth-order valence-corrected chi connectivity index (χ4v) is 2.83. The van der Waals surface area contributed by atoms with Crippen LogP contribution in [0.25, 0.3) is 0 Å². The molecule has 20 heavy (non-hydrogen) atoms. The topological polar surface area (TPSA) is 55.3 Å². The van der Waals surface area contributed by atoms with Crippen LogP contribution in [0.2, 0.25) is 0 Å². The van der Waals surface area contributed by atoms with Gasteiger partial charge in [0.05, 0.1) is 0 Å². The number of hydrogen-bond acceptors (Lipinski definition) is 3. The van der Waals surface area contributed by atoms with Crippen molar-refractivity contribution in [3.8, 4) is 0 Å². The van der Waals surface area contributed by atoms with Crippen LogP contribution in [0, 0.1) is 0 Å². The first kappa shape index (κ1) is 17.4. The molecule has 3 atom stereocenters. The smallest absolute Gasteiger partial charge is 0.0262 e. The van der Waals surface area contributed by atoms with Gasteiger partial charge in [0.1, 0.15) is 0 Å². The Bertz CT molecular complexity index is 342. The molecular formula is C17H33N3. The molecule has 0 heterocycles. The van der Waals surface area contributed by atoms with Crippen LogP contribution < -0.4 is 11.5 Å². The van der Waals surface area contributed by atoms with Crippen LogP contribution in [0.1, 0.15) is 52.9 Å². The van der Waals surface area contributed by atoms with E-state index in [4.69, 9.17) is 11.5 Å². The summed E-state index contributed by atoms with van der Waals surface area (Å²) < 4.78 is 0. The van der Waals surface area contributed by atoms with Gasteiger partial charge >= 0.3 is 0 Å². The minimum atomic E-state index is 0.277. The quantitative estimate of drug-likeness (QED) is 0.735. The highest BCUT2D eigenvalue weighted by atomic mass is 15.1. The van der Waals surface area contributed by atoms with E-state index in [0.717, 1.165) is 38.6 Å². The van der Waals surface area contributed by atoms with Crippen molar-refractivity contribution in [1.82, 2.24) is 4.90 Å². The molecule has 116 valence electrons. The van der Waals surface area contributed by atoms with Gasteiger partial charge < -0.3 is 11.5 Å². The van der Waals surface area contributed by atoms with Crippen molar-refractivity contribution in [2.75, 3.05) is 13.6 Å². The van der Waals surface area contributed by atoms with Gasteiger partial charge in [-0.05, 0) is 59.9 Å². The average Bonchev–Trinajstić information content (AvgIpc) is 2.38. The second kappa shape index (κ2) is 8.60. The van der Waals surface area contributed by atoms with E-state index in [0.29, 0.717) is 12.1 Å². The molecule has 3 unspecified atom stereocenters. The van der Waals surface area contributed by atoms with Crippen LogP contribution >= 0.6 is 0 Å². The Morgan fingerprint density at radius 3 is 2.50 bits per heavy atom. The molecule has 1 aliphatic rings. The average molecular weight is 279 g/mol. The maximum absolute atomic E-state index is 6.24. The SMILES string of the molecule is CC(C)=CCC/C(C)=C/CN(C)C1CC(N)CCC1N. The first-order chi connectivity index (χ1) is 9.40. The van der Waals surface area contributed by atoms with Crippen molar-refractivity contribution in [3.63, 3.8) is 0 Å². The van der Waals surface area contributed by atoms with Crippen LogP contribution in [0.3, 0.4) is 0 Å². The maximum Gasteiger partial charge on any atom is 0.0262 e. The third kappa shape index (κ3) is 6.21. The van der Waals surface area contributed by atoms with E-state index >= 15 is 0 Å². The Morgan fingerprint density at radius 2 is 1.85 bits per heavy atom. The summed E-state index contributed by atoms with van der Waals surface area (Å²) in [5.74, 6) is 0. The van der Waals surface area contributed by atoms with Crippen LogP contribution in [0.4, 0.5) is 0 Å². The van der Waals surface area contributed by atoms with Crippen LogP contribution in [0.5, 0.6) is 0 Å². The monoisotopic (exact) mass is 279 g/mol. The Balaban J connectivity index is 2.40. The molecule has 3 nitrogen and oxygen atoms in total. The van der Waals surface area contributed by atoms with E-state index in [9.17, 15) is 0 Å². The lowest BCUT2D eigenvalue weighted by Gasteiger charge is -2.38. The molecule has 0 amide bonds. The van der Waals surface area contributed by atoms with Gasteiger partial charge in [-0.15, -0.1) is 0 Å². The summed E-state index contributed by atoms with van der Waals surface area (Å²) in [6.07, 6.45) is 10.1. The van der Waals surface area contributed by atoms with Crippen molar-refractivity contribution in [2.45, 2.75) is 71.0 Å². The molecule has 3 heteroatoms. The fourth-order valence-electron chi connectivity index (χ4n) is 2.83. The Morgan fingerprint density at radius 1 is 1.15 bits per heavy atom. The van der Waals surface area contributed by atoms with E-state index in [1.807, 2.05) is 0 Å². The third-order valence-corrected chi connectivity index (χ3v) is 4.29. The highest BCUT2D eigenvalue weighted by Crippen LogP contribution is 2.20. The second-order valence-corrected chi connectivity index (χ2v) is 6.61. The zero-order valence-corrected chi connectivity index (χ0v) is 13.7. The molecule has 1 saturated carbocycles. The van der Waals surface area contributed by atoms with E-state index in [1.165, 1.54) is 11.1 Å². The molecule has 0 bridgehead atoms. The molecular weight excluding hydrogens is 246 g/mol. The minimum absolute atomic E-state index is 0.277. The number of nitrogens with two attached hydrogens (primary N) is 2. The minimum Gasteiger partial charge on any atom is -0.328 e. The highest BCUT2D eigenvalue weighted by molar-refractivity contribution is 5.04. The zero-order chi connectivity index (χ0) is 15.1. The molecule has 0 aliphatic heterocycles. The van der Waals surface area contributed by atoms with Gasteiger partial charge in [0.25, 0.3) is 0 Å². The van der Waals surface area contributed by atoms with Crippen molar-refractivity contribution in [3.05, 3.63) is 23.3 Å². The summed E-state index contributed by atoms with van der Waals surface area (Å²) in [4.78, 5) is 2.37. The lowest BCUT2D eigenvalue weighted by molar-refractivity contribution is 0.171. The van der Waals surface area contributed by atoms with E-state index in [-0.39, 0.29) is 6.04 Å². The van der Waals surface area contributed by atoms with Crippen LogP contribution in [-0.2, 0) is 0 Å². The number of likely N-dealkylation sites (N-methyl/N-ethyl adjacent to an activating group) is 1. The highest BCUT2D eigenvalue weighted by Gasteiger charge is 2.28. The second-order valence-electron chi connectivity index (χ2n) is 6.61. The molecule has 0 radical (unpaired) electrons. The van der Waals surface area contributed by atoms with Crippen molar-refractivity contribution >= 4 is 0 Å². The number of allylic oxidation sites excluding steroid dienone is 3. The van der Waals surface area contributed by atoms with Gasteiger partial charge in [-0.3, -0.25) is 4.90 Å². The Hall–Kier alpha value is -0.640. The summed E-state index contributed by atoms with van der Waals surface area (Å²) in [6.45, 7) is 7.51. The third-order valence-electron chi connectivity index (χ3n) is 4.29. The van der Waals surface area contributed by atoms with Gasteiger partial charge in [-0.1, -0.05) is 23.3 Å². The molecule has 1 fully saturated rings. The predicted molar refractivity (Wildman–Crippen MR) is 88.6 cm³/mol. The van der Waals surface area contributed by atoms with Gasteiger partial charge in [-0.2, -0.15) is 0 Å². The molecule has 1 aliphatic carbocycles. The Kier molecular flexibility index (Phi) is 7.49. The molecule has 0 aromatic rings. The summed E-state index contributed by atoms with van der Waals surface area (Å²) in [7, 11) is 2.17. The summed E-state index contributed by atoms with van der Waals surface area (Å²) in [6, 6.07) is 1.03. The van der Waals surface area contributed by atoms with Crippen molar-refractivity contribution in [2.24, 2.45) is 11.5 Å². The summed E-state index contributed by atoms with van der Waals surface area (Å²) in [5.41, 5.74) is 15.2. The van der Waals surface area contributed by atoms with Gasteiger partial charge in [-0.25, -0.2) is 0 Å². The summed E-state index contributed by atoms with van der Waals surface area (Å²) >= 11 is 0. The van der Waals surface area contributed by atoms with Crippen LogP contribution in [0.15, 0.2) is 23.3 Å². The molecule has 1 rings (SSSR count). The first-order valence-corrected chi connectivity index (χ1v) is 7.90. The van der Waals surface area contributed by atoms with Gasteiger partial charge in [0.15, 0.2) is 0 Å². The molecule has 0 aromatic heterocycles. The van der Waals surface area contributed by atoms with Crippen molar-refractivity contribution in [1.29, 1.82) is 0 Å². The number of hydrogen-bond donors (Lipinski definition) is 2. The predicted octanol–water partition coefficient (Wildman–Crippen LogP) is 2.82. The Labute approximate surface area is 125 Å². The van der Waals surface area contributed by atoms with E-state index < -0.39 is 0 Å². The van der Waals surface area contributed by atoms with E-state index in [2.05, 4.69) is 44.9 Å². The van der Waals surface area contributed by atoms with E-state index in [1.54, 1.807) is 0 Å². The van der Waals surface area contributed by atoms with Gasteiger partial charge in [0.2, 0.25) is 0 Å². The largest absolute Gasteiger partial charge is 0.328 e. The lowest BCUT2D eigenvalue weighted by Crippen LogP contribution is -2.52. The summed E-state index contributed by atoms with van der Waals surface area (Å²) in [5, 5.41) is 0. The standard InChI is InChI=1S/C17H33N3/c1-13(2)6-5-7-14(3)10-11-20(4)17-12-15(18)8-9-16(17)19/h6,10,15-17H,5,7-9,11-12,18-19H2,1-4H3/b14-10+. The fraction of sp³-hybridized carbons (Fsp3) is 0.765. The molecule has 0 spiro atoms. The molecule has 0 aromatic carbocycles. The zero-order valence-electron chi connectivity index (χ0n) is 13.7. The van der Waals surface area contributed by atoms with Gasteiger partial charge in [0, 0.05) is 24.7 Å². The number of rotatable bonds is 6. The normalized spacial score (nSPS) is 27.8.